The maximum Gasteiger partial charge on any atom is 0.305 e. The standard InChI is InChI=1S/C12H13Cl2FO2/c1-2-17-12(16)6-4-10(14)9-7-8(13)3-5-11(9)15/h3,5,7,10H,2,4,6H2,1H3. The molecular formula is C12H13Cl2FO2. The summed E-state index contributed by atoms with van der Waals surface area (Å²) in [7, 11) is 0. The fraction of sp³-hybridized carbons (Fsp3) is 0.417. The van der Waals surface area contributed by atoms with Crippen LogP contribution in [0.1, 0.15) is 30.7 Å². The molecule has 0 aliphatic heterocycles. The molecular weight excluding hydrogens is 266 g/mol. The molecule has 0 saturated carbocycles. The number of rotatable bonds is 5. The Morgan fingerprint density at radius 1 is 1.53 bits per heavy atom. The lowest BCUT2D eigenvalue weighted by Gasteiger charge is -2.10. The second kappa shape index (κ2) is 6.82. The lowest BCUT2D eigenvalue weighted by molar-refractivity contribution is -0.143. The van der Waals surface area contributed by atoms with E-state index in [0.29, 0.717) is 23.6 Å². The van der Waals surface area contributed by atoms with Gasteiger partial charge in [0.2, 0.25) is 0 Å². The average Bonchev–Trinajstić information content (AvgIpc) is 2.29. The van der Waals surface area contributed by atoms with Crippen molar-refractivity contribution in [1.82, 2.24) is 0 Å². The van der Waals surface area contributed by atoms with Gasteiger partial charge in [-0.15, -0.1) is 11.6 Å². The fourth-order valence-corrected chi connectivity index (χ4v) is 1.84. The summed E-state index contributed by atoms with van der Waals surface area (Å²) < 4.78 is 18.2. The third-order valence-electron chi connectivity index (χ3n) is 2.20. The van der Waals surface area contributed by atoms with E-state index >= 15 is 0 Å². The zero-order chi connectivity index (χ0) is 12.8. The normalized spacial score (nSPS) is 12.2. The smallest absolute Gasteiger partial charge is 0.305 e. The van der Waals surface area contributed by atoms with E-state index in [1.807, 2.05) is 0 Å². The van der Waals surface area contributed by atoms with Gasteiger partial charge in [0.05, 0.1) is 12.0 Å². The predicted molar refractivity (Wildman–Crippen MR) is 65.9 cm³/mol. The summed E-state index contributed by atoms with van der Waals surface area (Å²) >= 11 is 11.8. The van der Waals surface area contributed by atoms with Crippen molar-refractivity contribution in [3.05, 3.63) is 34.6 Å². The maximum absolute atomic E-state index is 13.4. The van der Waals surface area contributed by atoms with E-state index < -0.39 is 11.2 Å². The van der Waals surface area contributed by atoms with Gasteiger partial charge in [-0.2, -0.15) is 0 Å². The van der Waals surface area contributed by atoms with Gasteiger partial charge in [0.15, 0.2) is 0 Å². The zero-order valence-electron chi connectivity index (χ0n) is 9.38. The summed E-state index contributed by atoms with van der Waals surface area (Å²) in [5.74, 6) is -0.751. The van der Waals surface area contributed by atoms with Crippen LogP contribution < -0.4 is 0 Å². The Labute approximate surface area is 110 Å². The van der Waals surface area contributed by atoms with Gasteiger partial charge < -0.3 is 4.74 Å². The molecule has 0 aliphatic carbocycles. The monoisotopic (exact) mass is 278 g/mol. The molecule has 17 heavy (non-hydrogen) atoms. The van der Waals surface area contributed by atoms with Crippen LogP contribution in [0.15, 0.2) is 18.2 Å². The molecule has 1 atom stereocenters. The van der Waals surface area contributed by atoms with Gasteiger partial charge in [0.25, 0.3) is 0 Å². The van der Waals surface area contributed by atoms with Crippen LogP contribution in [0, 0.1) is 5.82 Å². The Morgan fingerprint density at radius 2 is 2.24 bits per heavy atom. The second-order valence-electron chi connectivity index (χ2n) is 3.48. The summed E-state index contributed by atoms with van der Waals surface area (Å²) in [4.78, 5) is 11.1. The SMILES string of the molecule is CCOC(=O)CCC(Cl)c1cc(Cl)ccc1F. The quantitative estimate of drug-likeness (QED) is 0.599. The van der Waals surface area contributed by atoms with Crippen molar-refractivity contribution in [1.29, 1.82) is 0 Å². The molecule has 0 radical (unpaired) electrons. The number of carbonyl (C=O) groups is 1. The number of esters is 1. The summed E-state index contributed by atoms with van der Waals surface area (Å²) in [5, 5.41) is -0.165. The molecule has 0 aliphatic rings. The molecule has 0 saturated heterocycles. The van der Waals surface area contributed by atoms with E-state index in [0.717, 1.165) is 0 Å². The average molecular weight is 279 g/mol. The molecule has 0 fully saturated rings. The summed E-state index contributed by atoms with van der Waals surface area (Å²) in [6, 6.07) is 4.19. The summed E-state index contributed by atoms with van der Waals surface area (Å²) in [6.45, 7) is 2.06. The first-order valence-electron chi connectivity index (χ1n) is 5.29. The van der Waals surface area contributed by atoms with Gasteiger partial charge >= 0.3 is 5.97 Å². The molecule has 94 valence electrons. The van der Waals surface area contributed by atoms with Gasteiger partial charge in [-0.05, 0) is 31.5 Å². The van der Waals surface area contributed by atoms with Crippen LogP contribution in [0.2, 0.25) is 5.02 Å². The molecule has 1 aromatic carbocycles. The van der Waals surface area contributed by atoms with Gasteiger partial charge in [0.1, 0.15) is 5.82 Å². The maximum atomic E-state index is 13.4. The number of benzene rings is 1. The molecule has 0 heterocycles. The van der Waals surface area contributed by atoms with E-state index in [-0.39, 0.29) is 12.4 Å². The van der Waals surface area contributed by atoms with Crippen LogP contribution in [-0.2, 0) is 9.53 Å². The molecule has 0 spiro atoms. The topological polar surface area (TPSA) is 26.3 Å². The molecule has 0 aromatic heterocycles. The van der Waals surface area contributed by atoms with Crippen LogP contribution in [0.4, 0.5) is 4.39 Å². The summed E-state index contributed by atoms with van der Waals surface area (Å²) in [5.41, 5.74) is 0.309. The Hall–Kier alpha value is -0.800. The highest BCUT2D eigenvalue weighted by Gasteiger charge is 2.15. The number of carbonyl (C=O) groups excluding carboxylic acids is 1. The van der Waals surface area contributed by atoms with Crippen molar-refractivity contribution in [3.8, 4) is 0 Å². The van der Waals surface area contributed by atoms with Crippen molar-refractivity contribution >= 4 is 29.2 Å². The molecule has 2 nitrogen and oxygen atoms in total. The first-order chi connectivity index (χ1) is 8.04. The van der Waals surface area contributed by atoms with Gasteiger partial charge in [0, 0.05) is 17.0 Å². The van der Waals surface area contributed by atoms with E-state index in [2.05, 4.69) is 0 Å². The lowest BCUT2D eigenvalue weighted by Crippen LogP contribution is -2.05. The second-order valence-corrected chi connectivity index (χ2v) is 4.44. The first kappa shape index (κ1) is 14.3. The Balaban J connectivity index is 2.60. The third-order valence-corrected chi connectivity index (χ3v) is 2.89. The number of halogens is 3. The fourth-order valence-electron chi connectivity index (χ4n) is 1.39. The third kappa shape index (κ3) is 4.52. The Bertz CT molecular complexity index is 396. The van der Waals surface area contributed by atoms with Crippen LogP contribution in [0.25, 0.3) is 0 Å². The van der Waals surface area contributed by atoms with Crippen LogP contribution in [0.5, 0.6) is 0 Å². The van der Waals surface area contributed by atoms with Crippen molar-refractivity contribution in [2.75, 3.05) is 6.61 Å². The number of hydrogen-bond donors (Lipinski definition) is 0. The first-order valence-corrected chi connectivity index (χ1v) is 6.10. The highest BCUT2D eigenvalue weighted by atomic mass is 35.5. The highest BCUT2D eigenvalue weighted by molar-refractivity contribution is 6.30. The molecule has 1 aromatic rings. The molecule has 0 bridgehead atoms. The number of ether oxygens (including phenoxy) is 1. The molecule has 5 heteroatoms. The van der Waals surface area contributed by atoms with Gasteiger partial charge in [-0.1, -0.05) is 11.6 Å². The number of alkyl halides is 1. The van der Waals surface area contributed by atoms with E-state index in [4.69, 9.17) is 27.9 Å². The number of hydrogen-bond acceptors (Lipinski definition) is 2. The minimum Gasteiger partial charge on any atom is -0.466 e. The molecule has 1 rings (SSSR count). The van der Waals surface area contributed by atoms with Crippen LogP contribution in [-0.4, -0.2) is 12.6 Å². The van der Waals surface area contributed by atoms with Crippen LogP contribution in [0.3, 0.4) is 0 Å². The van der Waals surface area contributed by atoms with Gasteiger partial charge in [-0.25, -0.2) is 4.39 Å². The zero-order valence-corrected chi connectivity index (χ0v) is 10.9. The summed E-state index contributed by atoms with van der Waals surface area (Å²) in [6.07, 6.45) is 0.478. The van der Waals surface area contributed by atoms with Crippen molar-refractivity contribution in [3.63, 3.8) is 0 Å². The predicted octanol–water partition coefficient (Wildman–Crippen LogP) is 4.10. The minimum atomic E-state index is -0.585. The molecule has 0 amide bonds. The van der Waals surface area contributed by atoms with Crippen LogP contribution >= 0.6 is 23.2 Å². The molecule has 0 N–H and O–H groups in total. The molecule has 1 unspecified atom stereocenters. The lowest BCUT2D eigenvalue weighted by atomic mass is 10.1. The van der Waals surface area contributed by atoms with E-state index in [1.165, 1.54) is 18.2 Å². The largest absolute Gasteiger partial charge is 0.466 e. The van der Waals surface area contributed by atoms with Gasteiger partial charge in [-0.3, -0.25) is 4.79 Å². The van der Waals surface area contributed by atoms with E-state index in [9.17, 15) is 9.18 Å². The minimum absolute atomic E-state index is 0.161. The van der Waals surface area contributed by atoms with Crippen molar-refractivity contribution in [2.45, 2.75) is 25.1 Å². The van der Waals surface area contributed by atoms with Crippen molar-refractivity contribution < 1.29 is 13.9 Å². The van der Waals surface area contributed by atoms with E-state index in [1.54, 1.807) is 6.92 Å². The Kier molecular flexibility index (Phi) is 5.72. The highest BCUT2D eigenvalue weighted by Crippen LogP contribution is 2.29. The Morgan fingerprint density at radius 3 is 2.88 bits per heavy atom. The van der Waals surface area contributed by atoms with Crippen molar-refractivity contribution in [2.24, 2.45) is 0 Å².